The average molecular weight is 446 g/mol. The van der Waals surface area contributed by atoms with Crippen LogP contribution in [0.5, 0.6) is 5.75 Å². The van der Waals surface area contributed by atoms with Crippen LogP contribution in [-0.4, -0.2) is 33.3 Å². The fraction of sp³-hybridized carbons (Fsp3) is 0.192. The van der Waals surface area contributed by atoms with Crippen molar-refractivity contribution in [1.29, 1.82) is 0 Å². The molecule has 0 saturated carbocycles. The van der Waals surface area contributed by atoms with Gasteiger partial charge in [-0.2, -0.15) is 0 Å². The minimum absolute atomic E-state index is 0.0438. The van der Waals surface area contributed by atoms with Gasteiger partial charge in [-0.05, 0) is 60.0 Å². The van der Waals surface area contributed by atoms with Crippen LogP contribution in [0.3, 0.4) is 0 Å². The normalized spacial score (nSPS) is 17.4. The SMILES string of the molecule is CCCOc1ccc(/C(O)=C2/C(=O)C(=O)N(Cc3cccnc3)C2c2ccc(F)cc2)cc1. The number of pyridine rings is 1. The topological polar surface area (TPSA) is 79.7 Å². The van der Waals surface area contributed by atoms with E-state index in [2.05, 4.69) is 4.98 Å². The number of aliphatic hydroxyl groups is 1. The average Bonchev–Trinajstić information content (AvgIpc) is 3.08. The van der Waals surface area contributed by atoms with E-state index in [1.165, 1.54) is 29.2 Å². The van der Waals surface area contributed by atoms with E-state index in [4.69, 9.17) is 4.74 Å². The zero-order chi connectivity index (χ0) is 23.4. The highest BCUT2D eigenvalue weighted by atomic mass is 19.1. The Morgan fingerprint density at radius 1 is 1.09 bits per heavy atom. The number of carbonyl (C=O) groups excluding carboxylic acids is 2. The van der Waals surface area contributed by atoms with E-state index < -0.39 is 23.5 Å². The van der Waals surface area contributed by atoms with Crippen LogP contribution in [0.1, 0.15) is 36.1 Å². The molecule has 1 N–H and O–H groups in total. The van der Waals surface area contributed by atoms with E-state index in [-0.39, 0.29) is 17.9 Å². The summed E-state index contributed by atoms with van der Waals surface area (Å²) in [5.74, 6) is -1.63. The summed E-state index contributed by atoms with van der Waals surface area (Å²) in [7, 11) is 0. The number of benzene rings is 2. The Kier molecular flexibility index (Phi) is 6.49. The molecule has 1 amide bonds. The molecule has 2 aromatic carbocycles. The molecule has 1 saturated heterocycles. The number of carbonyl (C=O) groups is 2. The van der Waals surface area contributed by atoms with Gasteiger partial charge >= 0.3 is 0 Å². The number of hydrogen-bond donors (Lipinski definition) is 1. The number of likely N-dealkylation sites (tertiary alicyclic amines) is 1. The number of halogens is 1. The van der Waals surface area contributed by atoms with Gasteiger partial charge in [0.25, 0.3) is 11.7 Å². The summed E-state index contributed by atoms with van der Waals surface area (Å²) >= 11 is 0. The maximum atomic E-state index is 13.6. The van der Waals surface area contributed by atoms with Crippen LogP contribution >= 0.6 is 0 Å². The van der Waals surface area contributed by atoms with Crippen molar-refractivity contribution in [2.75, 3.05) is 6.61 Å². The third-order valence-corrected chi connectivity index (χ3v) is 5.40. The minimum Gasteiger partial charge on any atom is -0.507 e. The maximum Gasteiger partial charge on any atom is 0.295 e. The number of nitrogens with zero attached hydrogens (tertiary/aromatic N) is 2. The largest absolute Gasteiger partial charge is 0.507 e. The van der Waals surface area contributed by atoms with Crippen molar-refractivity contribution in [3.63, 3.8) is 0 Å². The van der Waals surface area contributed by atoms with Crippen LogP contribution in [0.15, 0.2) is 78.6 Å². The van der Waals surface area contributed by atoms with Crippen molar-refractivity contribution in [3.05, 3.63) is 101 Å². The molecule has 7 heteroatoms. The molecule has 4 rings (SSSR count). The lowest BCUT2D eigenvalue weighted by Crippen LogP contribution is -2.29. The third kappa shape index (κ3) is 4.62. The molecule has 6 nitrogen and oxygen atoms in total. The minimum atomic E-state index is -0.873. The summed E-state index contributed by atoms with van der Waals surface area (Å²) in [5.41, 5.74) is 1.58. The van der Waals surface area contributed by atoms with Gasteiger partial charge in [0.05, 0.1) is 18.2 Å². The van der Waals surface area contributed by atoms with Gasteiger partial charge in [-0.15, -0.1) is 0 Å². The fourth-order valence-electron chi connectivity index (χ4n) is 3.81. The molecule has 1 unspecified atom stereocenters. The van der Waals surface area contributed by atoms with Gasteiger partial charge in [0.2, 0.25) is 0 Å². The highest BCUT2D eigenvalue weighted by Crippen LogP contribution is 2.40. The second-order valence-corrected chi connectivity index (χ2v) is 7.71. The monoisotopic (exact) mass is 446 g/mol. The second kappa shape index (κ2) is 9.65. The molecular formula is C26H23FN2O4. The zero-order valence-electron chi connectivity index (χ0n) is 18.1. The van der Waals surface area contributed by atoms with Crippen LogP contribution in [0.4, 0.5) is 4.39 Å². The highest BCUT2D eigenvalue weighted by Gasteiger charge is 2.46. The Balaban J connectivity index is 1.78. The number of hydrogen-bond acceptors (Lipinski definition) is 5. The summed E-state index contributed by atoms with van der Waals surface area (Å²) in [4.78, 5) is 31.5. The molecule has 168 valence electrons. The van der Waals surface area contributed by atoms with Gasteiger partial charge in [0.15, 0.2) is 0 Å². The van der Waals surface area contributed by atoms with E-state index in [1.807, 2.05) is 6.92 Å². The zero-order valence-corrected chi connectivity index (χ0v) is 18.1. The van der Waals surface area contributed by atoms with Crippen molar-refractivity contribution in [2.45, 2.75) is 25.9 Å². The highest BCUT2D eigenvalue weighted by molar-refractivity contribution is 6.46. The quantitative estimate of drug-likeness (QED) is 0.325. The van der Waals surface area contributed by atoms with Gasteiger partial charge < -0.3 is 14.7 Å². The Labute approximate surface area is 191 Å². The van der Waals surface area contributed by atoms with Gasteiger partial charge in [-0.3, -0.25) is 14.6 Å². The summed E-state index contributed by atoms with van der Waals surface area (Å²) in [6, 6.07) is 14.9. The van der Waals surface area contributed by atoms with E-state index in [0.717, 1.165) is 12.0 Å². The van der Waals surface area contributed by atoms with Crippen molar-refractivity contribution in [2.24, 2.45) is 0 Å². The molecule has 1 aliphatic rings. The number of amides is 1. The molecule has 0 spiro atoms. The first-order valence-corrected chi connectivity index (χ1v) is 10.7. The van der Waals surface area contributed by atoms with Gasteiger partial charge in [-0.25, -0.2) is 4.39 Å². The lowest BCUT2D eigenvalue weighted by atomic mass is 9.95. The van der Waals surface area contributed by atoms with Crippen LogP contribution in [0, 0.1) is 5.82 Å². The molecule has 33 heavy (non-hydrogen) atoms. The molecule has 0 bridgehead atoms. The van der Waals surface area contributed by atoms with Crippen molar-refractivity contribution < 1.29 is 23.8 Å². The lowest BCUT2D eigenvalue weighted by Gasteiger charge is -2.25. The van der Waals surface area contributed by atoms with E-state index in [9.17, 15) is 19.1 Å². The third-order valence-electron chi connectivity index (χ3n) is 5.40. The van der Waals surface area contributed by atoms with Crippen molar-refractivity contribution >= 4 is 17.4 Å². The van der Waals surface area contributed by atoms with Crippen molar-refractivity contribution in [1.82, 2.24) is 9.88 Å². The second-order valence-electron chi connectivity index (χ2n) is 7.71. The molecule has 2 heterocycles. The predicted molar refractivity (Wildman–Crippen MR) is 121 cm³/mol. The Bertz CT molecular complexity index is 1180. The predicted octanol–water partition coefficient (Wildman–Crippen LogP) is 4.63. The summed E-state index contributed by atoms with van der Waals surface area (Å²) in [6.07, 6.45) is 4.08. The van der Waals surface area contributed by atoms with Gasteiger partial charge in [-0.1, -0.05) is 25.1 Å². The number of aliphatic hydroxyl groups excluding tert-OH is 1. The lowest BCUT2D eigenvalue weighted by molar-refractivity contribution is -0.140. The van der Waals surface area contributed by atoms with E-state index in [0.29, 0.717) is 23.5 Å². The molecule has 3 aromatic rings. The van der Waals surface area contributed by atoms with Crippen LogP contribution in [0.2, 0.25) is 0 Å². The summed E-state index contributed by atoms with van der Waals surface area (Å²) in [5, 5.41) is 11.1. The van der Waals surface area contributed by atoms with Crippen LogP contribution in [-0.2, 0) is 16.1 Å². The molecule has 1 fully saturated rings. The number of aromatic nitrogens is 1. The van der Waals surface area contributed by atoms with Crippen LogP contribution < -0.4 is 4.74 Å². The molecule has 1 aromatic heterocycles. The molecule has 0 radical (unpaired) electrons. The molecule has 0 aliphatic carbocycles. The Morgan fingerprint density at radius 3 is 2.45 bits per heavy atom. The van der Waals surface area contributed by atoms with Crippen LogP contribution in [0.25, 0.3) is 5.76 Å². The first-order valence-electron chi connectivity index (χ1n) is 10.7. The van der Waals surface area contributed by atoms with Gasteiger partial charge in [0, 0.05) is 24.5 Å². The van der Waals surface area contributed by atoms with Crippen molar-refractivity contribution in [3.8, 4) is 5.75 Å². The Hall–Kier alpha value is -4.00. The first-order chi connectivity index (χ1) is 16.0. The summed E-state index contributed by atoms with van der Waals surface area (Å²) < 4.78 is 19.2. The molecule has 1 atom stereocenters. The molecular weight excluding hydrogens is 423 g/mol. The van der Waals surface area contributed by atoms with Gasteiger partial charge in [0.1, 0.15) is 17.3 Å². The van der Waals surface area contributed by atoms with E-state index in [1.54, 1.807) is 48.8 Å². The number of Topliss-reactive ketones (excluding diaryl/α,β-unsaturated/α-hetero) is 1. The molecule has 1 aliphatic heterocycles. The Morgan fingerprint density at radius 2 is 1.82 bits per heavy atom. The standard InChI is InChI=1S/C26H23FN2O4/c1-2-14-33-21-11-7-19(8-12-21)24(30)22-23(18-5-9-20(27)10-6-18)29(26(32)25(22)31)16-17-4-3-13-28-15-17/h3-13,15,23,30H,2,14,16H2,1H3/b24-22-. The number of ether oxygens (including phenoxy) is 1. The number of rotatable bonds is 7. The maximum absolute atomic E-state index is 13.6. The first kappa shape index (κ1) is 22.2. The number of ketones is 1. The smallest absolute Gasteiger partial charge is 0.295 e. The van der Waals surface area contributed by atoms with E-state index >= 15 is 0 Å². The summed E-state index contributed by atoms with van der Waals surface area (Å²) in [6.45, 7) is 2.68. The fourth-order valence-corrected chi connectivity index (χ4v) is 3.81.